The first-order chi connectivity index (χ1) is 12.7. The molecule has 0 bridgehead atoms. The number of rotatable bonds is 7. The maximum Gasteiger partial charge on any atom is 0.273 e. The van der Waals surface area contributed by atoms with Crippen LogP contribution in [0.4, 0.5) is 0 Å². The third-order valence-corrected chi connectivity index (χ3v) is 3.88. The zero-order valence-corrected chi connectivity index (χ0v) is 15.0. The maximum atomic E-state index is 12.4. The number of hydrogen-bond acceptors (Lipinski definition) is 5. The van der Waals surface area contributed by atoms with Crippen molar-refractivity contribution < 1.29 is 9.53 Å². The number of pyridine rings is 1. The first kappa shape index (κ1) is 17.9. The van der Waals surface area contributed by atoms with E-state index in [0.29, 0.717) is 23.2 Å². The monoisotopic (exact) mass is 371 g/mol. The molecule has 8 heteroatoms. The average molecular weight is 372 g/mol. The van der Waals surface area contributed by atoms with E-state index in [4.69, 9.17) is 16.3 Å². The van der Waals surface area contributed by atoms with Crippen LogP contribution in [-0.2, 0) is 6.54 Å². The van der Waals surface area contributed by atoms with Gasteiger partial charge in [-0.15, -0.1) is 5.10 Å². The number of ether oxygens (including phenoxy) is 1. The Kier molecular flexibility index (Phi) is 5.80. The van der Waals surface area contributed by atoms with Crippen LogP contribution in [0, 0.1) is 0 Å². The fourth-order valence-electron chi connectivity index (χ4n) is 2.28. The molecule has 1 aromatic carbocycles. The molecule has 0 aliphatic carbocycles. The van der Waals surface area contributed by atoms with Gasteiger partial charge in [0.15, 0.2) is 5.69 Å². The normalized spacial score (nSPS) is 10.5. The Morgan fingerprint density at radius 3 is 2.92 bits per heavy atom. The first-order valence-corrected chi connectivity index (χ1v) is 8.59. The smallest absolute Gasteiger partial charge is 0.273 e. The van der Waals surface area contributed by atoms with Gasteiger partial charge in [0.2, 0.25) is 5.88 Å². The predicted octanol–water partition coefficient (Wildman–Crippen LogP) is 3.03. The van der Waals surface area contributed by atoms with E-state index >= 15 is 0 Å². The topological polar surface area (TPSA) is 81.9 Å². The first-order valence-electron chi connectivity index (χ1n) is 8.21. The van der Waals surface area contributed by atoms with E-state index < -0.39 is 0 Å². The number of benzene rings is 1. The van der Waals surface area contributed by atoms with E-state index in [-0.39, 0.29) is 18.1 Å². The minimum absolute atomic E-state index is 0.199. The van der Waals surface area contributed by atoms with Crippen LogP contribution in [0.25, 0.3) is 5.69 Å². The van der Waals surface area contributed by atoms with Crippen LogP contribution in [0.3, 0.4) is 0 Å². The zero-order chi connectivity index (χ0) is 18.4. The summed E-state index contributed by atoms with van der Waals surface area (Å²) >= 11 is 6.14. The molecule has 0 spiro atoms. The summed E-state index contributed by atoms with van der Waals surface area (Å²) in [5.74, 6) is 0.183. The molecule has 0 saturated carbocycles. The van der Waals surface area contributed by atoms with E-state index in [1.54, 1.807) is 24.4 Å². The van der Waals surface area contributed by atoms with Gasteiger partial charge in [-0.25, -0.2) is 9.67 Å². The Morgan fingerprint density at radius 1 is 1.27 bits per heavy atom. The number of aromatic nitrogens is 4. The zero-order valence-electron chi connectivity index (χ0n) is 14.2. The van der Waals surface area contributed by atoms with Gasteiger partial charge in [-0.2, -0.15) is 0 Å². The molecule has 0 saturated heterocycles. The summed E-state index contributed by atoms with van der Waals surface area (Å²) in [6.45, 7) is 2.88. The van der Waals surface area contributed by atoms with Crippen molar-refractivity contribution in [3.8, 4) is 11.6 Å². The van der Waals surface area contributed by atoms with Crippen molar-refractivity contribution in [2.75, 3.05) is 6.61 Å². The molecule has 1 N–H and O–H groups in total. The molecule has 0 fully saturated rings. The van der Waals surface area contributed by atoms with Gasteiger partial charge in [0.05, 0.1) is 23.5 Å². The lowest BCUT2D eigenvalue weighted by atomic mass is 10.2. The quantitative estimate of drug-likeness (QED) is 0.690. The molecule has 1 amide bonds. The molecule has 2 aromatic heterocycles. The second kappa shape index (κ2) is 8.44. The highest BCUT2D eigenvalue weighted by Crippen LogP contribution is 2.19. The summed E-state index contributed by atoms with van der Waals surface area (Å²) < 4.78 is 7.06. The van der Waals surface area contributed by atoms with Gasteiger partial charge in [0, 0.05) is 18.3 Å². The standard InChI is InChI=1S/C18H18ClN5O2/c1-2-10-26-18-13(6-5-9-20-18)11-21-17(25)15-12-24(23-22-15)16-8-4-3-7-14(16)19/h3-9,12H,2,10-11H2,1H3,(H,21,25). The molecule has 7 nitrogen and oxygen atoms in total. The minimum atomic E-state index is -0.339. The van der Waals surface area contributed by atoms with Crippen molar-refractivity contribution in [2.24, 2.45) is 0 Å². The lowest BCUT2D eigenvalue weighted by molar-refractivity contribution is 0.0945. The number of nitrogens with zero attached hydrogens (tertiary/aromatic N) is 4. The number of halogens is 1. The van der Waals surface area contributed by atoms with Gasteiger partial charge in [-0.1, -0.05) is 41.9 Å². The summed E-state index contributed by atoms with van der Waals surface area (Å²) in [5.41, 5.74) is 1.65. The number of hydrogen-bond donors (Lipinski definition) is 1. The predicted molar refractivity (Wildman–Crippen MR) is 97.6 cm³/mol. The molecule has 0 aliphatic rings. The fraction of sp³-hybridized carbons (Fsp3) is 0.222. The van der Waals surface area contributed by atoms with Crippen molar-refractivity contribution in [3.05, 3.63) is 65.1 Å². The fourth-order valence-corrected chi connectivity index (χ4v) is 2.50. The SMILES string of the molecule is CCCOc1ncccc1CNC(=O)c1cn(-c2ccccc2Cl)nn1. The lowest BCUT2D eigenvalue weighted by Crippen LogP contribution is -2.23. The van der Waals surface area contributed by atoms with Crippen LogP contribution in [0.1, 0.15) is 29.4 Å². The van der Waals surface area contributed by atoms with E-state index in [1.807, 2.05) is 25.1 Å². The number of amides is 1. The number of carbonyl (C=O) groups is 1. The summed E-state index contributed by atoms with van der Waals surface area (Å²) in [4.78, 5) is 16.6. The van der Waals surface area contributed by atoms with Crippen LogP contribution in [0.5, 0.6) is 5.88 Å². The Bertz CT molecular complexity index is 897. The molecule has 0 aliphatic heterocycles. The Hall–Kier alpha value is -2.93. The average Bonchev–Trinajstić information content (AvgIpc) is 3.15. The minimum Gasteiger partial charge on any atom is -0.477 e. The van der Waals surface area contributed by atoms with Crippen molar-refractivity contribution in [1.29, 1.82) is 0 Å². The highest BCUT2D eigenvalue weighted by atomic mass is 35.5. The van der Waals surface area contributed by atoms with Crippen molar-refractivity contribution in [3.63, 3.8) is 0 Å². The van der Waals surface area contributed by atoms with Gasteiger partial charge < -0.3 is 10.1 Å². The van der Waals surface area contributed by atoms with E-state index in [0.717, 1.165) is 12.0 Å². The molecule has 2 heterocycles. The molecule has 0 unspecified atom stereocenters. The summed E-state index contributed by atoms with van der Waals surface area (Å²) in [5, 5.41) is 11.2. The molecule has 134 valence electrons. The largest absolute Gasteiger partial charge is 0.477 e. The Labute approximate surface area is 156 Å². The van der Waals surface area contributed by atoms with E-state index in [1.165, 1.54) is 10.9 Å². The summed E-state index contributed by atoms with van der Waals surface area (Å²) in [6, 6.07) is 10.9. The lowest BCUT2D eigenvalue weighted by Gasteiger charge is -2.09. The summed E-state index contributed by atoms with van der Waals surface area (Å²) in [6.07, 6.45) is 4.08. The van der Waals surface area contributed by atoms with Crippen molar-refractivity contribution in [2.45, 2.75) is 19.9 Å². The van der Waals surface area contributed by atoms with Gasteiger partial charge in [-0.05, 0) is 24.6 Å². The highest BCUT2D eigenvalue weighted by Gasteiger charge is 2.14. The van der Waals surface area contributed by atoms with Crippen molar-refractivity contribution >= 4 is 17.5 Å². The molecule has 26 heavy (non-hydrogen) atoms. The molecule has 3 aromatic rings. The summed E-state index contributed by atoms with van der Waals surface area (Å²) in [7, 11) is 0. The van der Waals surface area contributed by atoms with Gasteiger partial charge in [-0.3, -0.25) is 4.79 Å². The Balaban J connectivity index is 1.68. The van der Waals surface area contributed by atoms with Gasteiger partial charge >= 0.3 is 0 Å². The van der Waals surface area contributed by atoms with Crippen molar-refractivity contribution in [1.82, 2.24) is 25.3 Å². The van der Waals surface area contributed by atoms with Gasteiger partial charge in [0.1, 0.15) is 0 Å². The van der Waals surface area contributed by atoms with E-state index in [9.17, 15) is 4.79 Å². The van der Waals surface area contributed by atoms with E-state index in [2.05, 4.69) is 20.6 Å². The van der Waals surface area contributed by atoms with Crippen LogP contribution in [-0.4, -0.2) is 32.5 Å². The van der Waals surface area contributed by atoms with Gasteiger partial charge in [0.25, 0.3) is 5.91 Å². The number of carbonyl (C=O) groups excluding carboxylic acids is 1. The number of para-hydroxylation sites is 1. The molecular formula is C18H18ClN5O2. The number of nitrogens with one attached hydrogen (secondary N) is 1. The van der Waals surface area contributed by atoms with Crippen LogP contribution < -0.4 is 10.1 Å². The molecular weight excluding hydrogens is 354 g/mol. The Morgan fingerprint density at radius 2 is 2.12 bits per heavy atom. The van der Waals surface area contributed by atoms with Crippen LogP contribution in [0.2, 0.25) is 5.02 Å². The highest BCUT2D eigenvalue weighted by molar-refractivity contribution is 6.32. The maximum absolute atomic E-state index is 12.4. The molecule has 0 radical (unpaired) electrons. The third-order valence-electron chi connectivity index (χ3n) is 3.56. The molecule has 3 rings (SSSR count). The molecule has 0 atom stereocenters. The van der Waals surface area contributed by atoms with Crippen LogP contribution in [0.15, 0.2) is 48.8 Å². The van der Waals surface area contributed by atoms with Crippen LogP contribution >= 0.6 is 11.6 Å². The third kappa shape index (κ3) is 4.18. The second-order valence-corrected chi connectivity index (χ2v) is 5.91. The second-order valence-electron chi connectivity index (χ2n) is 5.50.